The number of amides is 1. The van der Waals surface area contributed by atoms with E-state index in [0.717, 1.165) is 17.0 Å². The van der Waals surface area contributed by atoms with E-state index in [1.807, 2.05) is 73.8 Å². The summed E-state index contributed by atoms with van der Waals surface area (Å²) < 4.78 is 6.81. The van der Waals surface area contributed by atoms with Crippen LogP contribution in [0.1, 0.15) is 11.4 Å². The van der Waals surface area contributed by atoms with E-state index in [9.17, 15) is 4.79 Å². The van der Waals surface area contributed by atoms with Gasteiger partial charge >= 0.3 is 0 Å². The average Bonchev–Trinajstić information content (AvgIpc) is 3.34. The van der Waals surface area contributed by atoms with Crippen LogP contribution in [-0.2, 0) is 4.79 Å². The molecule has 1 amide bonds. The molecule has 2 aromatic carbocycles. The summed E-state index contributed by atoms with van der Waals surface area (Å²) >= 11 is 0. The molecule has 0 bridgehead atoms. The normalized spacial score (nSPS) is 10.8. The number of nitrogens with one attached hydrogen (secondary N) is 2. The van der Waals surface area contributed by atoms with Crippen LogP contribution in [0.5, 0.6) is 5.75 Å². The van der Waals surface area contributed by atoms with Crippen molar-refractivity contribution in [3.8, 4) is 11.6 Å². The number of aromatic nitrogens is 4. The first-order valence-electron chi connectivity index (χ1n) is 9.95. The van der Waals surface area contributed by atoms with Gasteiger partial charge in [0.25, 0.3) is 0 Å². The Bertz CT molecular complexity index is 1220. The quantitative estimate of drug-likeness (QED) is 0.426. The summed E-state index contributed by atoms with van der Waals surface area (Å²) in [5, 5.41) is 10.3. The molecular formula is C24H22N6O2. The lowest BCUT2D eigenvalue weighted by Crippen LogP contribution is -2.07. The monoisotopic (exact) mass is 426 g/mol. The van der Waals surface area contributed by atoms with Gasteiger partial charge in [-0.1, -0.05) is 12.1 Å². The lowest BCUT2D eigenvalue weighted by molar-refractivity contribution is -0.111. The van der Waals surface area contributed by atoms with E-state index in [2.05, 4.69) is 25.7 Å². The molecule has 0 unspecified atom stereocenters. The minimum Gasteiger partial charge on any atom is -0.497 e. The maximum atomic E-state index is 12.2. The molecule has 2 aromatic heterocycles. The van der Waals surface area contributed by atoms with Crippen molar-refractivity contribution in [2.45, 2.75) is 6.92 Å². The topological polar surface area (TPSA) is 94.0 Å². The molecule has 2 heterocycles. The van der Waals surface area contributed by atoms with Crippen LogP contribution in [0.4, 0.5) is 17.2 Å². The highest BCUT2D eigenvalue weighted by molar-refractivity contribution is 6.02. The van der Waals surface area contributed by atoms with Gasteiger partial charge in [-0.05, 0) is 61.0 Å². The van der Waals surface area contributed by atoms with Gasteiger partial charge in [-0.3, -0.25) is 4.79 Å². The third-order valence-electron chi connectivity index (χ3n) is 4.53. The van der Waals surface area contributed by atoms with Crippen LogP contribution in [-0.4, -0.2) is 32.8 Å². The number of aryl methyl sites for hydroxylation is 1. The van der Waals surface area contributed by atoms with Crippen molar-refractivity contribution in [3.63, 3.8) is 0 Å². The molecule has 0 atom stereocenters. The van der Waals surface area contributed by atoms with Gasteiger partial charge in [0.05, 0.1) is 7.11 Å². The van der Waals surface area contributed by atoms with E-state index in [1.54, 1.807) is 24.1 Å². The molecule has 160 valence electrons. The Morgan fingerprint density at radius 3 is 2.47 bits per heavy atom. The largest absolute Gasteiger partial charge is 0.497 e. The van der Waals surface area contributed by atoms with E-state index >= 15 is 0 Å². The SMILES string of the molecule is COc1ccc(/C=C/C(=O)Nc2ccc(Nc3cc(-n4cccn4)nc(C)n3)cc2)cc1. The first kappa shape index (κ1) is 20.8. The molecule has 0 fully saturated rings. The van der Waals surface area contributed by atoms with Gasteiger partial charge < -0.3 is 15.4 Å². The first-order chi connectivity index (χ1) is 15.6. The lowest BCUT2D eigenvalue weighted by Gasteiger charge is -2.09. The molecule has 0 spiro atoms. The number of carbonyl (C=O) groups is 1. The maximum Gasteiger partial charge on any atom is 0.248 e. The predicted molar refractivity (Wildman–Crippen MR) is 124 cm³/mol. The molecule has 0 aliphatic rings. The molecule has 0 saturated carbocycles. The number of rotatable bonds is 7. The molecule has 8 heteroatoms. The highest BCUT2D eigenvalue weighted by Gasteiger charge is 2.05. The van der Waals surface area contributed by atoms with Gasteiger partial charge in [-0.25, -0.2) is 14.6 Å². The van der Waals surface area contributed by atoms with Crippen LogP contribution in [0.25, 0.3) is 11.9 Å². The van der Waals surface area contributed by atoms with Crippen LogP contribution in [0, 0.1) is 6.92 Å². The Kier molecular flexibility index (Phi) is 6.22. The van der Waals surface area contributed by atoms with E-state index in [-0.39, 0.29) is 5.91 Å². The summed E-state index contributed by atoms with van der Waals surface area (Å²) in [4.78, 5) is 21.0. The number of anilines is 3. The summed E-state index contributed by atoms with van der Waals surface area (Å²) in [6, 6.07) is 18.5. The fraction of sp³-hybridized carbons (Fsp3) is 0.0833. The number of hydrogen-bond donors (Lipinski definition) is 2. The van der Waals surface area contributed by atoms with Crippen molar-refractivity contribution in [3.05, 3.63) is 90.5 Å². The van der Waals surface area contributed by atoms with Gasteiger partial charge in [-0.2, -0.15) is 5.10 Å². The Morgan fingerprint density at radius 1 is 1.03 bits per heavy atom. The number of methoxy groups -OCH3 is 1. The zero-order chi connectivity index (χ0) is 22.3. The average molecular weight is 426 g/mol. The Morgan fingerprint density at radius 2 is 1.78 bits per heavy atom. The van der Waals surface area contributed by atoms with E-state index < -0.39 is 0 Å². The van der Waals surface area contributed by atoms with Crippen LogP contribution in [0.2, 0.25) is 0 Å². The van der Waals surface area contributed by atoms with Crippen molar-refractivity contribution >= 4 is 29.2 Å². The summed E-state index contributed by atoms with van der Waals surface area (Å²) in [5.41, 5.74) is 2.44. The highest BCUT2D eigenvalue weighted by Crippen LogP contribution is 2.19. The highest BCUT2D eigenvalue weighted by atomic mass is 16.5. The summed E-state index contributed by atoms with van der Waals surface area (Å²) in [5.74, 6) is 2.53. The molecule has 0 saturated heterocycles. The minimum atomic E-state index is -0.211. The standard InChI is InChI=1S/C24H22N6O2/c1-17-26-22(16-23(27-17)30-15-3-14-25-30)28-19-7-9-20(10-8-19)29-24(31)13-6-18-4-11-21(32-2)12-5-18/h3-16H,1-2H3,(H,29,31)(H,26,27,28)/b13-6+. The third-order valence-corrected chi connectivity index (χ3v) is 4.53. The molecule has 4 rings (SSSR count). The van der Waals surface area contributed by atoms with Gasteiger partial charge in [0.2, 0.25) is 5.91 Å². The second-order valence-corrected chi connectivity index (χ2v) is 6.91. The number of nitrogens with zero attached hydrogens (tertiary/aromatic N) is 4. The van der Waals surface area contributed by atoms with Gasteiger partial charge in [-0.15, -0.1) is 0 Å². The van der Waals surface area contributed by atoms with Crippen LogP contribution >= 0.6 is 0 Å². The molecule has 0 radical (unpaired) electrons. The zero-order valence-electron chi connectivity index (χ0n) is 17.7. The second-order valence-electron chi connectivity index (χ2n) is 6.91. The van der Waals surface area contributed by atoms with E-state index in [0.29, 0.717) is 23.1 Å². The first-order valence-corrected chi connectivity index (χ1v) is 9.95. The van der Waals surface area contributed by atoms with E-state index in [1.165, 1.54) is 6.08 Å². The van der Waals surface area contributed by atoms with Crippen LogP contribution in [0.3, 0.4) is 0 Å². The van der Waals surface area contributed by atoms with Crippen molar-refractivity contribution in [2.75, 3.05) is 17.7 Å². The molecule has 0 aliphatic heterocycles. The fourth-order valence-corrected chi connectivity index (χ4v) is 2.99. The van der Waals surface area contributed by atoms with Crippen LogP contribution in [0.15, 0.2) is 79.1 Å². The molecule has 32 heavy (non-hydrogen) atoms. The smallest absolute Gasteiger partial charge is 0.248 e. The molecular weight excluding hydrogens is 404 g/mol. The molecule has 8 nitrogen and oxygen atoms in total. The summed E-state index contributed by atoms with van der Waals surface area (Å²) in [6.45, 7) is 1.83. The minimum absolute atomic E-state index is 0.211. The van der Waals surface area contributed by atoms with Crippen molar-refractivity contribution in [1.82, 2.24) is 19.7 Å². The van der Waals surface area contributed by atoms with Gasteiger partial charge in [0.1, 0.15) is 17.4 Å². The van der Waals surface area contributed by atoms with Gasteiger partial charge in [0, 0.05) is 35.9 Å². The molecule has 0 aliphatic carbocycles. The summed E-state index contributed by atoms with van der Waals surface area (Å²) in [7, 11) is 1.62. The number of carbonyl (C=O) groups excluding carboxylic acids is 1. The lowest BCUT2D eigenvalue weighted by atomic mass is 10.2. The number of ether oxygens (including phenoxy) is 1. The van der Waals surface area contributed by atoms with Crippen molar-refractivity contribution in [1.29, 1.82) is 0 Å². The molecule has 4 aromatic rings. The Labute approximate surface area is 185 Å². The van der Waals surface area contributed by atoms with Crippen molar-refractivity contribution in [2.24, 2.45) is 0 Å². The number of benzene rings is 2. The van der Waals surface area contributed by atoms with Crippen molar-refractivity contribution < 1.29 is 9.53 Å². The third kappa shape index (κ3) is 5.37. The Balaban J connectivity index is 1.38. The Hall–Kier alpha value is -4.46. The molecule has 2 N–H and O–H groups in total. The number of hydrogen-bond acceptors (Lipinski definition) is 6. The zero-order valence-corrected chi connectivity index (χ0v) is 17.7. The predicted octanol–water partition coefficient (Wildman–Crippen LogP) is 4.37. The maximum absolute atomic E-state index is 12.2. The second kappa shape index (κ2) is 9.57. The van der Waals surface area contributed by atoms with Gasteiger partial charge in [0.15, 0.2) is 5.82 Å². The van der Waals surface area contributed by atoms with Crippen LogP contribution < -0.4 is 15.4 Å². The fourth-order valence-electron chi connectivity index (χ4n) is 2.99. The summed E-state index contributed by atoms with van der Waals surface area (Å²) in [6.07, 6.45) is 6.77. The van der Waals surface area contributed by atoms with E-state index in [4.69, 9.17) is 4.74 Å².